The van der Waals surface area contributed by atoms with Crippen molar-refractivity contribution >= 4 is 103 Å². The van der Waals surface area contributed by atoms with Gasteiger partial charge in [0.05, 0.1) is 166 Å². The van der Waals surface area contributed by atoms with Crippen LogP contribution < -0.4 is 0 Å². The van der Waals surface area contributed by atoms with Crippen LogP contribution in [0.1, 0.15) is 235 Å². The number of carbonyl (C=O) groups excluding carboxylic acids is 3. The van der Waals surface area contributed by atoms with Crippen molar-refractivity contribution in [1.29, 1.82) is 13.8 Å². The van der Waals surface area contributed by atoms with Gasteiger partial charge in [-0.3, -0.25) is 0 Å². The number of ether oxygens (including phenoxy) is 9. The molecule has 3 aromatic carbocycles. The zero-order chi connectivity index (χ0) is 115. The van der Waals surface area contributed by atoms with Gasteiger partial charge in [-0.05, 0) is 105 Å². The molecule has 3 unspecified atom stereocenters. The van der Waals surface area contributed by atoms with Crippen LogP contribution in [0.15, 0.2) is 91.0 Å². The molecule has 0 aromatic heterocycles. The summed E-state index contributed by atoms with van der Waals surface area (Å²) in [6.07, 6.45) is 12.1. The summed E-state index contributed by atoms with van der Waals surface area (Å²) >= 11 is 0. The summed E-state index contributed by atoms with van der Waals surface area (Å²) in [7, 11) is 35.2. The van der Waals surface area contributed by atoms with Crippen LogP contribution in [0.3, 0.4) is 0 Å². The van der Waals surface area contributed by atoms with Crippen LogP contribution >= 0.6 is 17.8 Å². The van der Waals surface area contributed by atoms with E-state index in [2.05, 4.69) is 106 Å². The molecular formula is C94H185B9N2O28P2. The second kappa shape index (κ2) is 126. The lowest BCUT2D eigenvalue weighted by Crippen LogP contribution is -2.35. The van der Waals surface area contributed by atoms with Crippen LogP contribution in [0.5, 0.6) is 0 Å². The van der Waals surface area contributed by atoms with Crippen molar-refractivity contribution in [1.82, 2.24) is 4.67 Å². The molecule has 12 radical (unpaired) electrons. The van der Waals surface area contributed by atoms with Gasteiger partial charge in [0.2, 0.25) is 8.59 Å². The fourth-order valence-corrected chi connectivity index (χ4v) is 10.9. The molecule has 0 bridgehead atoms. The largest absolute Gasteiger partial charge is 0.460 e. The van der Waals surface area contributed by atoms with E-state index in [0.29, 0.717) is 16.7 Å². The summed E-state index contributed by atoms with van der Waals surface area (Å²) in [5.74, 6) is -1.21. The van der Waals surface area contributed by atoms with E-state index < -0.39 is 99.3 Å². The van der Waals surface area contributed by atoms with Crippen LogP contribution in [-0.4, -0.2) is 389 Å². The quantitative estimate of drug-likeness (QED) is 0.00820. The van der Waals surface area contributed by atoms with Crippen molar-refractivity contribution in [2.24, 2.45) is 0 Å². The Morgan fingerprint density at radius 1 is 0.444 bits per heavy atom. The number of nitrogens with zero attached hydrogens (tertiary/aromatic N) is 2. The molecule has 135 heavy (non-hydrogen) atoms. The number of nitriles is 1. The summed E-state index contributed by atoms with van der Waals surface area (Å²) in [4.78, 5) is 36.1. The molecule has 41 heteroatoms. The van der Waals surface area contributed by atoms with Gasteiger partial charge in [0, 0.05) is 75.0 Å². The minimum atomic E-state index is -1.41. The average molecular weight is 1970 g/mol. The Balaban J connectivity index is -0.000000144. The molecule has 14 N–H and O–H groups in total. The predicted octanol–water partition coefficient (Wildman–Crippen LogP) is 11.1. The first-order chi connectivity index (χ1) is 70.7. The number of esters is 3. The Kier molecular flexibility index (Phi) is 121. The first kappa shape index (κ1) is 129. The van der Waals surface area contributed by atoms with Crippen LogP contribution in [0.25, 0.3) is 0 Å². The maximum atomic E-state index is 12.3. The molecule has 776 valence electrons. The number of benzene rings is 3. The molecule has 16 atom stereocenters. The van der Waals surface area contributed by atoms with Gasteiger partial charge >= 0.3 is 17.9 Å². The molecule has 1 aliphatic heterocycles. The zero-order valence-corrected chi connectivity index (χ0v) is 87.8. The van der Waals surface area contributed by atoms with Gasteiger partial charge in [-0.2, -0.15) is 5.26 Å². The molecular weight excluding hydrogens is 1760 g/mol. The lowest BCUT2D eigenvalue weighted by Gasteiger charge is -2.36. The Labute approximate surface area is 848 Å². The van der Waals surface area contributed by atoms with E-state index in [1.54, 1.807) is 72.8 Å². The van der Waals surface area contributed by atoms with Crippen molar-refractivity contribution in [3.8, 4) is 6.07 Å². The van der Waals surface area contributed by atoms with Gasteiger partial charge in [0.15, 0.2) is 43.7 Å². The fourth-order valence-electron chi connectivity index (χ4n) is 9.25. The zero-order valence-electron chi connectivity index (χ0n) is 97.7. The standard InChI is InChI=1S/C24H39BN2O5P.2C15H22BO4.C8H16BO3.2C8H18BO3.3C3H7B.6CH4O.CH5P/c1-7-14-25-23(18-29-24(28)22-12-9-8-10-13-22)32-21(6)17-31-33(30-16-11-15-26)27(19(2)3)20(4)5;2*1-3-9-16-14(20-12(2)10-17)11-19-15(18)13-7-5-4-6-8-13;1-3-4-9-8-7(11)6(10)5(2)12-8;2*1-3-4-9-8(6-11)12-7(2)5-10;3*1-2-3-4;7*1-2/h8-10,12-13,19-21,23H,7,11,14,16-18H2,1-6H3;2*4-8,12,14,17H,3,9-11H2,1-2H3;5-8,10-11H,3-4H2,1-2H3;2*7-8,10-11H,3-6H2,1-2H3;3*2-3H2,1H3;6*2H,1H3;2H2,1H3/t21-,23-,33?;2*12-,14-;5-,6?,7+,8-;2*7-,8-;;;;;;;;;;/m111111........../s1/i6D;5*2D;;;;6*2T;. The fraction of sp³-hybridized carbons (Fsp3) is 0.766. The second-order valence-corrected chi connectivity index (χ2v) is 29.4. The molecule has 1 heterocycles. The topological polar surface area (TPSA) is 463 Å². The number of rotatable bonds is 55. The second-order valence-electron chi connectivity index (χ2n) is 27.9. The SMILES string of the molecule is CP.[2H]C[C@H](CO)O[C@@H]([B]CCC)CO.[2H]C[C@H](CO)O[C@@H]([B]CCC)CO.[2H]C[C@H](CO)O[C@@H]([B]CCC)COC(=O)c1ccccc1.[2H]C[C@H](CO)O[C@@H]([B]CCC)COC(=O)c1ccccc1.[2H]C[C@H](COP(OCCC#N)N(C(C)C)C(C)C)O[C@@H]([B]CCC)COC(=O)c1ccccc1.[2H]C[C@H]1O[C@@H]([B]CCC)[C@@H](O)C1O.[3H]OC.[3H]OC.[3H]OC.[3H]OC.[3H]OC.[3H]OC.[B]CCC.[B]CCC.[B]CCC. The van der Waals surface area contributed by atoms with E-state index >= 15 is 0 Å². The molecule has 0 amide bonds. The highest BCUT2D eigenvalue weighted by Crippen LogP contribution is 2.46. The van der Waals surface area contributed by atoms with E-state index in [9.17, 15) is 24.6 Å². The van der Waals surface area contributed by atoms with Crippen LogP contribution in [0.2, 0.25) is 56.9 Å². The minimum Gasteiger partial charge on any atom is -0.460 e. The van der Waals surface area contributed by atoms with Gasteiger partial charge in [0.25, 0.3) is 8.53 Å². The van der Waals surface area contributed by atoms with Crippen molar-refractivity contribution in [2.75, 3.05) is 122 Å². The predicted molar refractivity (Wildman–Crippen MR) is 564 cm³/mol. The summed E-state index contributed by atoms with van der Waals surface area (Å²) in [6, 6.07) is 26.5. The maximum Gasteiger partial charge on any atom is 0.338 e. The smallest absolute Gasteiger partial charge is 0.338 e. The lowest BCUT2D eigenvalue weighted by molar-refractivity contribution is -0.0252. The van der Waals surface area contributed by atoms with Crippen LogP contribution in [0.4, 0.5) is 0 Å². The molecule has 0 spiro atoms. The van der Waals surface area contributed by atoms with Gasteiger partial charge in [-0.1, -0.05) is 238 Å². The lowest BCUT2D eigenvalue weighted by atomic mass is 9.65. The first-order valence-electron chi connectivity index (χ1n) is 52.6. The molecule has 4 rings (SSSR count). The van der Waals surface area contributed by atoms with Crippen LogP contribution in [0, 0.1) is 11.3 Å². The third-order valence-electron chi connectivity index (χ3n) is 15.8. The van der Waals surface area contributed by atoms with Gasteiger partial charge in [-0.15, -0.1) is 9.24 Å². The number of aliphatic hydroxyl groups is 14. The Morgan fingerprint density at radius 3 is 0.933 bits per heavy atom. The highest BCUT2D eigenvalue weighted by molar-refractivity contribution is 7.44. The minimum absolute atomic E-state index is 0.00527. The van der Waals surface area contributed by atoms with E-state index in [1.165, 1.54) is 42.7 Å². The normalized spacial score (nSPS) is 16.1. The number of hydrogen-bond acceptors (Lipinski definition) is 30. The van der Waals surface area contributed by atoms with E-state index in [0.717, 1.165) is 115 Å². The monoisotopic (exact) mass is 1970 g/mol. The average Bonchev–Trinajstić information content (AvgIpc) is 1.70. The van der Waals surface area contributed by atoms with E-state index in [1.807, 2.05) is 103 Å². The third kappa shape index (κ3) is 103. The van der Waals surface area contributed by atoms with E-state index in [-0.39, 0.29) is 145 Å². The van der Waals surface area contributed by atoms with Gasteiger partial charge < -0.3 is 123 Å². The molecule has 30 nitrogen and oxygen atoms in total. The Hall–Kier alpha value is -3.92. The molecule has 1 fully saturated rings. The Bertz CT molecular complexity index is 2900. The maximum absolute atomic E-state index is 12.3. The highest BCUT2D eigenvalue weighted by atomic mass is 31.2. The summed E-state index contributed by atoms with van der Waals surface area (Å²) in [5, 5.41) is 102. The first-order valence-corrected chi connectivity index (χ1v) is 48.2. The van der Waals surface area contributed by atoms with Crippen molar-refractivity contribution < 1.29 is 146 Å². The number of hydrogen-bond donors (Lipinski definition) is 14. The van der Waals surface area contributed by atoms with Gasteiger partial charge in [-0.25, -0.2) is 19.1 Å². The molecule has 0 saturated carbocycles. The molecule has 3 aromatic rings. The molecule has 1 saturated heterocycles. The van der Waals surface area contributed by atoms with Crippen molar-refractivity contribution in [3.63, 3.8) is 0 Å². The third-order valence-corrected chi connectivity index (χ3v) is 17.8. The van der Waals surface area contributed by atoms with Crippen molar-refractivity contribution in [2.45, 2.75) is 349 Å². The summed E-state index contributed by atoms with van der Waals surface area (Å²) in [5.41, 5.74) is 1.47. The van der Waals surface area contributed by atoms with Crippen LogP contribution in [-0.2, 0) is 51.7 Å². The van der Waals surface area contributed by atoms with Gasteiger partial charge in [0.1, 0.15) is 32.0 Å². The summed E-state index contributed by atoms with van der Waals surface area (Å²) < 4.78 is 141. The highest BCUT2D eigenvalue weighted by Gasteiger charge is 2.39. The summed E-state index contributed by atoms with van der Waals surface area (Å²) in [6.45, 7) is 28.4. The Morgan fingerprint density at radius 2 is 0.711 bits per heavy atom. The number of carbonyl (C=O) groups is 3. The number of aliphatic hydroxyl groups excluding tert-OH is 14. The van der Waals surface area contributed by atoms with Crippen molar-refractivity contribution in [3.05, 3.63) is 108 Å². The molecule has 0 aliphatic carbocycles. The molecule has 1 aliphatic rings. The van der Waals surface area contributed by atoms with E-state index in [4.69, 9.17) is 128 Å².